The third-order valence-corrected chi connectivity index (χ3v) is 5.90. The Morgan fingerprint density at radius 2 is 1.60 bits per heavy atom. The number of fused-ring (bicyclic) bond motifs is 1. The molecule has 0 saturated carbocycles. The number of hydrogen-bond acceptors (Lipinski definition) is 5. The van der Waals surface area contributed by atoms with E-state index in [1.165, 1.54) is 0 Å². The van der Waals surface area contributed by atoms with Crippen LogP contribution in [0.5, 0.6) is 5.75 Å². The number of aromatic hydroxyl groups is 1. The summed E-state index contributed by atoms with van der Waals surface area (Å²) in [5, 5.41) is 16.5. The van der Waals surface area contributed by atoms with Crippen LogP contribution >= 0.6 is 11.6 Å². The lowest BCUT2D eigenvalue weighted by Crippen LogP contribution is -2.26. The summed E-state index contributed by atoms with van der Waals surface area (Å²) in [5.74, 6) is 0.344. The fourth-order valence-electron chi connectivity index (χ4n) is 3.98. The number of benzene rings is 2. The molecular weight excluding hydrogens is 396 g/mol. The summed E-state index contributed by atoms with van der Waals surface area (Å²) in [7, 11) is 0. The maximum Gasteiger partial charge on any atom is 0.162 e. The molecule has 1 aromatic heterocycles. The van der Waals surface area contributed by atoms with Crippen molar-refractivity contribution in [1.29, 1.82) is 0 Å². The number of pyridine rings is 1. The number of aromatic nitrogens is 1. The molecule has 0 aliphatic carbocycles. The summed E-state index contributed by atoms with van der Waals surface area (Å²) in [6, 6.07) is 9.75. The summed E-state index contributed by atoms with van der Waals surface area (Å²) in [6.07, 6.45) is 1.79. The summed E-state index contributed by atoms with van der Waals surface area (Å²) < 4.78 is 0. The summed E-state index contributed by atoms with van der Waals surface area (Å²) in [6.45, 7) is 13.8. The molecule has 0 unspecified atom stereocenters. The van der Waals surface area contributed by atoms with Gasteiger partial charge in [0.05, 0.1) is 16.9 Å². The zero-order chi connectivity index (χ0) is 21.8. The zero-order valence-corrected chi connectivity index (χ0v) is 19.2. The first-order valence-corrected chi connectivity index (χ1v) is 11.0. The monoisotopic (exact) mass is 426 g/mol. The van der Waals surface area contributed by atoms with Crippen molar-refractivity contribution in [2.75, 3.05) is 41.3 Å². The predicted octanol–water partition coefficient (Wildman–Crippen LogP) is 6.34. The molecule has 0 aliphatic heterocycles. The van der Waals surface area contributed by atoms with Crippen LogP contribution in [0.2, 0.25) is 5.02 Å². The third-order valence-electron chi connectivity index (χ3n) is 5.67. The van der Waals surface area contributed by atoms with Gasteiger partial charge in [0.2, 0.25) is 0 Å². The molecule has 0 fully saturated rings. The highest BCUT2D eigenvalue weighted by Gasteiger charge is 2.21. The molecule has 160 valence electrons. The van der Waals surface area contributed by atoms with E-state index in [0.717, 1.165) is 65.4 Å². The van der Waals surface area contributed by atoms with Crippen LogP contribution in [0.3, 0.4) is 0 Å². The topological polar surface area (TPSA) is 51.6 Å². The number of rotatable bonds is 8. The normalized spacial score (nSPS) is 11.0. The average Bonchev–Trinajstić information content (AvgIpc) is 2.74. The van der Waals surface area contributed by atoms with Crippen molar-refractivity contribution >= 4 is 45.3 Å². The fourth-order valence-corrected chi connectivity index (χ4v) is 4.14. The predicted molar refractivity (Wildman–Crippen MR) is 130 cm³/mol. The van der Waals surface area contributed by atoms with E-state index in [-0.39, 0.29) is 0 Å². The molecule has 2 N–H and O–H groups in total. The lowest BCUT2D eigenvalue weighted by molar-refractivity contribution is 0.473. The molecule has 0 amide bonds. The molecule has 30 heavy (non-hydrogen) atoms. The van der Waals surface area contributed by atoms with Gasteiger partial charge in [0.1, 0.15) is 0 Å². The number of hydrogen-bond donors (Lipinski definition) is 2. The first-order chi connectivity index (χ1) is 14.4. The van der Waals surface area contributed by atoms with Gasteiger partial charge in [0.25, 0.3) is 0 Å². The highest BCUT2D eigenvalue weighted by atomic mass is 35.5. The minimum Gasteiger partial charge on any atom is -0.504 e. The lowest BCUT2D eigenvalue weighted by Gasteiger charge is -2.31. The van der Waals surface area contributed by atoms with Crippen LogP contribution in [0.15, 0.2) is 36.5 Å². The van der Waals surface area contributed by atoms with Gasteiger partial charge in [-0.1, -0.05) is 11.6 Å². The molecule has 6 heteroatoms. The molecule has 0 spiro atoms. The largest absolute Gasteiger partial charge is 0.504 e. The maximum absolute atomic E-state index is 11.2. The maximum atomic E-state index is 11.2. The van der Waals surface area contributed by atoms with Crippen LogP contribution in [0, 0.1) is 6.92 Å². The number of nitrogens with one attached hydrogen (secondary N) is 1. The van der Waals surface area contributed by atoms with Crippen LogP contribution in [-0.4, -0.2) is 36.3 Å². The molecule has 3 aromatic rings. The van der Waals surface area contributed by atoms with E-state index < -0.39 is 0 Å². The number of anilines is 4. The van der Waals surface area contributed by atoms with Crippen molar-refractivity contribution < 1.29 is 5.11 Å². The van der Waals surface area contributed by atoms with Gasteiger partial charge in [-0.05, 0) is 70.5 Å². The van der Waals surface area contributed by atoms with Crippen molar-refractivity contribution in [3.05, 3.63) is 47.1 Å². The van der Waals surface area contributed by atoms with Gasteiger partial charge in [-0.3, -0.25) is 4.98 Å². The number of phenolic OH excluding ortho intramolecular Hbond substituents is 1. The molecule has 1 heterocycles. The third kappa shape index (κ3) is 4.12. The van der Waals surface area contributed by atoms with Crippen LogP contribution in [0.4, 0.5) is 22.7 Å². The van der Waals surface area contributed by atoms with Gasteiger partial charge in [0.15, 0.2) is 5.75 Å². The Morgan fingerprint density at radius 1 is 0.933 bits per heavy atom. The Morgan fingerprint density at radius 3 is 2.23 bits per heavy atom. The smallest absolute Gasteiger partial charge is 0.162 e. The average molecular weight is 427 g/mol. The fraction of sp³-hybridized carbons (Fsp3) is 0.375. The van der Waals surface area contributed by atoms with E-state index in [9.17, 15) is 5.11 Å². The molecular formula is C24H31ClN4O. The molecule has 0 bridgehead atoms. The first-order valence-electron chi connectivity index (χ1n) is 10.6. The first kappa shape index (κ1) is 22.0. The van der Waals surface area contributed by atoms with E-state index in [0.29, 0.717) is 10.8 Å². The Bertz CT molecular complexity index is 1030. The van der Waals surface area contributed by atoms with Crippen molar-refractivity contribution in [3.8, 4) is 5.75 Å². The van der Waals surface area contributed by atoms with Crippen LogP contribution in [-0.2, 0) is 0 Å². The molecule has 2 aromatic carbocycles. The second-order valence-corrected chi connectivity index (χ2v) is 7.69. The van der Waals surface area contributed by atoms with Gasteiger partial charge in [-0.25, -0.2) is 0 Å². The van der Waals surface area contributed by atoms with Crippen molar-refractivity contribution in [1.82, 2.24) is 4.98 Å². The molecule has 0 saturated heterocycles. The van der Waals surface area contributed by atoms with Gasteiger partial charge in [0, 0.05) is 54.2 Å². The second-order valence-electron chi connectivity index (χ2n) is 7.26. The SMILES string of the molecule is CCN(CC)c1cc(Nc2ccnc3cc(Cl)ccc23)c(C)c(N(CC)CC)c1O. The quantitative estimate of drug-likeness (QED) is 0.411. The number of nitrogens with zero attached hydrogens (tertiary/aromatic N) is 3. The Labute approximate surface area is 184 Å². The second kappa shape index (κ2) is 9.43. The standard InChI is InChI=1S/C24H31ClN4O/c1-6-28(7-2)22-15-20(16(5)23(24(22)30)29(8-3)9-4)27-19-12-13-26-21-14-17(25)10-11-18(19)21/h10-15,30H,6-9H2,1-5H3,(H,26,27). The van der Waals surface area contributed by atoms with Gasteiger partial charge >= 0.3 is 0 Å². The van der Waals surface area contributed by atoms with Crippen molar-refractivity contribution in [2.45, 2.75) is 34.6 Å². The van der Waals surface area contributed by atoms with Crippen LogP contribution < -0.4 is 15.1 Å². The Kier molecular flexibility index (Phi) is 6.93. The van der Waals surface area contributed by atoms with E-state index >= 15 is 0 Å². The summed E-state index contributed by atoms with van der Waals surface area (Å²) in [4.78, 5) is 8.82. The van der Waals surface area contributed by atoms with Gasteiger partial charge < -0.3 is 20.2 Å². The minimum absolute atomic E-state index is 0.344. The van der Waals surface area contributed by atoms with E-state index in [1.54, 1.807) is 6.20 Å². The number of phenols is 1. The van der Waals surface area contributed by atoms with Gasteiger partial charge in [-0.15, -0.1) is 0 Å². The highest BCUT2D eigenvalue weighted by Crippen LogP contribution is 2.44. The molecule has 0 atom stereocenters. The van der Waals surface area contributed by atoms with E-state index in [1.807, 2.05) is 30.3 Å². The lowest BCUT2D eigenvalue weighted by atomic mass is 10.1. The molecule has 0 aliphatic rings. The molecule has 3 rings (SSSR count). The van der Waals surface area contributed by atoms with Crippen molar-refractivity contribution in [2.24, 2.45) is 0 Å². The molecule has 0 radical (unpaired) electrons. The Hall–Kier alpha value is -2.66. The Balaban J connectivity index is 2.19. The number of halogens is 1. The van der Waals surface area contributed by atoms with Crippen LogP contribution in [0.1, 0.15) is 33.3 Å². The van der Waals surface area contributed by atoms with Gasteiger partial charge in [-0.2, -0.15) is 0 Å². The zero-order valence-electron chi connectivity index (χ0n) is 18.5. The summed E-state index contributed by atoms with van der Waals surface area (Å²) >= 11 is 6.15. The van der Waals surface area contributed by atoms with E-state index in [4.69, 9.17) is 11.6 Å². The highest BCUT2D eigenvalue weighted by molar-refractivity contribution is 6.31. The minimum atomic E-state index is 0.344. The summed E-state index contributed by atoms with van der Waals surface area (Å²) in [5.41, 5.74) is 5.52. The molecule has 5 nitrogen and oxygen atoms in total. The van der Waals surface area contributed by atoms with E-state index in [2.05, 4.69) is 54.7 Å². The van der Waals surface area contributed by atoms with Crippen LogP contribution in [0.25, 0.3) is 10.9 Å². The van der Waals surface area contributed by atoms with Crippen molar-refractivity contribution in [3.63, 3.8) is 0 Å².